The van der Waals surface area contributed by atoms with E-state index in [2.05, 4.69) is 27.5 Å². The van der Waals surface area contributed by atoms with Gasteiger partial charge >= 0.3 is 6.18 Å². The summed E-state index contributed by atoms with van der Waals surface area (Å²) in [7, 11) is -0.781. The fourth-order valence-corrected chi connectivity index (χ4v) is 4.61. The van der Waals surface area contributed by atoms with Gasteiger partial charge in [0.1, 0.15) is 6.54 Å². The van der Waals surface area contributed by atoms with E-state index in [4.69, 9.17) is 0 Å². The van der Waals surface area contributed by atoms with E-state index in [1.807, 2.05) is 13.8 Å². The van der Waals surface area contributed by atoms with Crippen LogP contribution in [0.5, 0.6) is 0 Å². The highest BCUT2D eigenvalue weighted by Crippen LogP contribution is 2.29. The molecule has 0 aliphatic heterocycles. The zero-order valence-corrected chi connectivity index (χ0v) is 17.6. The van der Waals surface area contributed by atoms with Gasteiger partial charge in [-0.05, 0) is 50.5 Å². The Balaban J connectivity index is 1.94. The number of nitrogens with zero attached hydrogens (tertiary/aromatic N) is 1. The molecule has 0 spiro atoms. The maximum absolute atomic E-state index is 12.6. The van der Waals surface area contributed by atoms with E-state index in [1.54, 1.807) is 0 Å². The lowest BCUT2D eigenvalue weighted by atomic mass is 9.95. The standard InChI is InChI=1S/C21H28F3N3OS/c1-3-25-20(27-18-8-5-9-19(15-18)29(28)4-2)26-14-6-7-16-10-12-17(13-11-16)21(22,23)24/h10-13,18-19H,3-5,8-9,14-15H2,1-2H3,(H2,25,26,27). The maximum Gasteiger partial charge on any atom is 0.416 e. The third-order valence-corrected chi connectivity index (χ3v) is 6.47. The summed E-state index contributed by atoms with van der Waals surface area (Å²) in [6, 6.07) is 5.00. The Kier molecular flexibility index (Phi) is 9.02. The van der Waals surface area contributed by atoms with E-state index < -0.39 is 22.5 Å². The number of nitrogens with one attached hydrogen (secondary N) is 2. The molecule has 29 heavy (non-hydrogen) atoms. The van der Waals surface area contributed by atoms with Crippen molar-refractivity contribution in [3.8, 4) is 11.8 Å². The number of halogens is 3. The van der Waals surface area contributed by atoms with Gasteiger partial charge in [-0.25, -0.2) is 4.99 Å². The van der Waals surface area contributed by atoms with Gasteiger partial charge in [0.05, 0.1) is 5.56 Å². The Hall–Kier alpha value is -2.01. The predicted octanol–water partition coefficient (Wildman–Crippen LogP) is 3.69. The maximum atomic E-state index is 12.6. The highest BCUT2D eigenvalue weighted by Gasteiger charge is 2.29. The highest BCUT2D eigenvalue weighted by molar-refractivity contribution is 7.85. The molecule has 0 radical (unpaired) electrons. The van der Waals surface area contributed by atoms with Crippen LogP contribution in [-0.2, 0) is 17.0 Å². The fraction of sp³-hybridized carbons (Fsp3) is 0.571. The first-order valence-corrected chi connectivity index (χ1v) is 11.3. The Bertz CT molecular complexity index is 766. The summed E-state index contributed by atoms with van der Waals surface area (Å²) in [6.45, 7) is 4.86. The molecule has 160 valence electrons. The van der Waals surface area contributed by atoms with Crippen LogP contribution in [0.2, 0.25) is 0 Å². The predicted molar refractivity (Wildman–Crippen MR) is 112 cm³/mol. The summed E-state index contributed by atoms with van der Waals surface area (Å²) < 4.78 is 49.9. The first-order chi connectivity index (χ1) is 13.8. The summed E-state index contributed by atoms with van der Waals surface area (Å²) in [5, 5.41) is 6.81. The van der Waals surface area contributed by atoms with E-state index in [0.717, 1.165) is 37.8 Å². The number of aliphatic imine (C=N–C) groups is 1. The van der Waals surface area contributed by atoms with Gasteiger partial charge in [0.25, 0.3) is 0 Å². The van der Waals surface area contributed by atoms with Crippen LogP contribution >= 0.6 is 0 Å². The molecule has 3 unspecified atom stereocenters. The van der Waals surface area contributed by atoms with Crippen molar-refractivity contribution in [3.05, 3.63) is 35.4 Å². The first-order valence-electron chi connectivity index (χ1n) is 9.91. The zero-order valence-electron chi connectivity index (χ0n) is 16.8. The van der Waals surface area contributed by atoms with Gasteiger partial charge in [0, 0.05) is 40.0 Å². The number of hydrogen-bond donors (Lipinski definition) is 2. The Labute approximate surface area is 173 Å². The number of benzene rings is 1. The average Bonchev–Trinajstić information content (AvgIpc) is 2.70. The van der Waals surface area contributed by atoms with Crippen molar-refractivity contribution in [1.82, 2.24) is 10.6 Å². The second-order valence-electron chi connectivity index (χ2n) is 6.87. The zero-order chi connectivity index (χ0) is 21.3. The van der Waals surface area contributed by atoms with E-state index >= 15 is 0 Å². The van der Waals surface area contributed by atoms with Gasteiger partial charge in [-0.15, -0.1) is 0 Å². The molecule has 0 amide bonds. The van der Waals surface area contributed by atoms with E-state index in [0.29, 0.717) is 23.8 Å². The second-order valence-corrected chi connectivity index (χ2v) is 8.88. The number of rotatable bonds is 5. The van der Waals surface area contributed by atoms with Gasteiger partial charge in [0.15, 0.2) is 5.96 Å². The summed E-state index contributed by atoms with van der Waals surface area (Å²) in [4.78, 5) is 4.43. The lowest BCUT2D eigenvalue weighted by molar-refractivity contribution is -0.137. The number of guanidine groups is 1. The SMILES string of the molecule is CCNC(=NCC#Cc1ccc(C(F)(F)F)cc1)NC1CCCC(S(=O)CC)C1. The second kappa shape index (κ2) is 11.2. The minimum absolute atomic E-state index is 0.227. The molecule has 1 saturated carbocycles. The summed E-state index contributed by atoms with van der Waals surface area (Å²) >= 11 is 0. The normalized spacial score (nSPS) is 21.1. The molecule has 0 heterocycles. The van der Waals surface area contributed by atoms with Crippen molar-refractivity contribution in [2.24, 2.45) is 4.99 Å². The Morgan fingerprint density at radius 1 is 1.24 bits per heavy atom. The van der Waals surface area contributed by atoms with E-state index in [9.17, 15) is 17.4 Å². The van der Waals surface area contributed by atoms with Crippen molar-refractivity contribution in [3.63, 3.8) is 0 Å². The molecule has 2 rings (SSSR count). The lowest BCUT2D eigenvalue weighted by Gasteiger charge is -2.30. The molecule has 1 fully saturated rings. The minimum Gasteiger partial charge on any atom is -0.357 e. The quantitative estimate of drug-likeness (QED) is 0.428. The Morgan fingerprint density at radius 3 is 2.59 bits per heavy atom. The van der Waals surface area contributed by atoms with Crippen LogP contribution in [0.15, 0.2) is 29.3 Å². The van der Waals surface area contributed by atoms with Crippen molar-refractivity contribution in [2.75, 3.05) is 18.8 Å². The van der Waals surface area contributed by atoms with Crippen molar-refractivity contribution >= 4 is 16.8 Å². The molecular weight excluding hydrogens is 399 g/mol. The van der Waals surface area contributed by atoms with E-state index in [1.165, 1.54) is 12.1 Å². The largest absolute Gasteiger partial charge is 0.416 e. The van der Waals surface area contributed by atoms with Crippen LogP contribution in [0.25, 0.3) is 0 Å². The molecule has 0 saturated heterocycles. The van der Waals surface area contributed by atoms with Crippen LogP contribution in [0.4, 0.5) is 13.2 Å². The monoisotopic (exact) mass is 427 g/mol. The third kappa shape index (κ3) is 7.73. The van der Waals surface area contributed by atoms with Gasteiger partial charge in [-0.2, -0.15) is 13.2 Å². The molecular formula is C21H28F3N3OS. The number of hydrogen-bond acceptors (Lipinski definition) is 2. The average molecular weight is 428 g/mol. The molecule has 8 heteroatoms. The summed E-state index contributed by atoms with van der Waals surface area (Å²) in [5.74, 6) is 7.05. The fourth-order valence-electron chi connectivity index (χ4n) is 3.27. The first kappa shape index (κ1) is 23.3. The lowest BCUT2D eigenvalue weighted by Crippen LogP contribution is -2.46. The van der Waals surface area contributed by atoms with Crippen molar-refractivity contribution in [1.29, 1.82) is 0 Å². The molecule has 1 aliphatic rings. The topological polar surface area (TPSA) is 53.5 Å². The molecule has 1 aromatic rings. The molecule has 0 bridgehead atoms. The molecule has 1 aliphatic carbocycles. The van der Waals surface area contributed by atoms with Crippen LogP contribution in [0.1, 0.15) is 50.7 Å². The van der Waals surface area contributed by atoms with Gasteiger partial charge in [-0.3, -0.25) is 4.21 Å². The summed E-state index contributed by atoms with van der Waals surface area (Å²) in [5.41, 5.74) is -0.169. The van der Waals surface area contributed by atoms with Crippen LogP contribution in [0, 0.1) is 11.8 Å². The van der Waals surface area contributed by atoms with Gasteiger partial charge in [-0.1, -0.05) is 25.2 Å². The van der Waals surface area contributed by atoms with E-state index in [-0.39, 0.29) is 17.8 Å². The minimum atomic E-state index is -4.34. The number of alkyl halides is 3. The summed E-state index contributed by atoms with van der Waals surface area (Å²) in [6.07, 6.45) is -0.419. The third-order valence-electron chi connectivity index (χ3n) is 4.73. The molecule has 1 aromatic carbocycles. The smallest absolute Gasteiger partial charge is 0.357 e. The van der Waals surface area contributed by atoms with Crippen molar-refractivity contribution in [2.45, 2.75) is 57.0 Å². The van der Waals surface area contributed by atoms with Crippen LogP contribution in [0.3, 0.4) is 0 Å². The van der Waals surface area contributed by atoms with Gasteiger partial charge < -0.3 is 10.6 Å². The van der Waals surface area contributed by atoms with Crippen LogP contribution in [-0.4, -0.2) is 40.3 Å². The molecule has 0 aromatic heterocycles. The van der Waals surface area contributed by atoms with Gasteiger partial charge in [0.2, 0.25) is 0 Å². The highest BCUT2D eigenvalue weighted by atomic mass is 32.2. The Morgan fingerprint density at radius 2 is 1.97 bits per heavy atom. The molecule has 2 N–H and O–H groups in total. The van der Waals surface area contributed by atoms with Crippen LogP contribution < -0.4 is 10.6 Å². The molecule has 3 atom stereocenters. The molecule has 4 nitrogen and oxygen atoms in total. The van der Waals surface area contributed by atoms with Crippen molar-refractivity contribution < 1.29 is 17.4 Å².